The highest BCUT2D eigenvalue weighted by Crippen LogP contribution is 2.26. The number of nitrogens with one attached hydrogen (secondary N) is 2. The molecule has 0 fully saturated rings. The molecule has 0 radical (unpaired) electrons. The van der Waals surface area contributed by atoms with Gasteiger partial charge >= 0.3 is 0 Å². The van der Waals surface area contributed by atoms with Gasteiger partial charge in [-0.2, -0.15) is 0 Å². The summed E-state index contributed by atoms with van der Waals surface area (Å²) in [7, 11) is 0. The first-order valence-corrected chi connectivity index (χ1v) is 8.14. The van der Waals surface area contributed by atoms with Gasteiger partial charge in [-0.1, -0.05) is 12.1 Å². The fourth-order valence-electron chi connectivity index (χ4n) is 2.92. The molecule has 0 spiro atoms. The second-order valence-corrected chi connectivity index (χ2v) is 6.23. The number of pyridine rings is 1. The Kier molecular flexibility index (Phi) is 4.60. The Morgan fingerprint density at radius 3 is 2.96 bits per heavy atom. The SMILES string of the molecule is Cc1cnccc1CC(=O)N[C@@H](C)c1ccc2c(c1)CCC(=O)N2. The highest BCUT2D eigenvalue weighted by Gasteiger charge is 2.17. The number of nitrogens with zero attached hydrogens (tertiary/aromatic N) is 1. The van der Waals surface area contributed by atoms with E-state index in [-0.39, 0.29) is 17.9 Å². The number of aromatic nitrogens is 1. The summed E-state index contributed by atoms with van der Waals surface area (Å²) in [5, 5.41) is 5.91. The smallest absolute Gasteiger partial charge is 0.224 e. The van der Waals surface area contributed by atoms with E-state index in [9.17, 15) is 9.59 Å². The van der Waals surface area contributed by atoms with Crippen LogP contribution in [0.5, 0.6) is 0 Å². The molecule has 0 unspecified atom stereocenters. The molecule has 5 heteroatoms. The molecule has 124 valence electrons. The van der Waals surface area contributed by atoms with E-state index in [1.807, 2.05) is 32.0 Å². The van der Waals surface area contributed by atoms with E-state index >= 15 is 0 Å². The van der Waals surface area contributed by atoms with Crippen molar-refractivity contribution in [1.29, 1.82) is 0 Å². The van der Waals surface area contributed by atoms with Crippen LogP contribution in [0, 0.1) is 6.92 Å². The lowest BCUT2D eigenvalue weighted by Crippen LogP contribution is -2.28. The molecule has 5 nitrogen and oxygen atoms in total. The minimum atomic E-state index is -0.0810. The van der Waals surface area contributed by atoms with Crippen LogP contribution in [0.15, 0.2) is 36.7 Å². The van der Waals surface area contributed by atoms with Crippen LogP contribution < -0.4 is 10.6 Å². The number of hydrogen-bond donors (Lipinski definition) is 2. The number of hydrogen-bond acceptors (Lipinski definition) is 3. The maximum absolute atomic E-state index is 12.3. The molecule has 0 aliphatic carbocycles. The average Bonchev–Trinajstić information content (AvgIpc) is 2.56. The van der Waals surface area contributed by atoms with Gasteiger partial charge < -0.3 is 10.6 Å². The van der Waals surface area contributed by atoms with E-state index in [1.54, 1.807) is 12.4 Å². The molecule has 1 aromatic carbocycles. The van der Waals surface area contributed by atoms with E-state index in [1.165, 1.54) is 0 Å². The second kappa shape index (κ2) is 6.83. The van der Waals surface area contributed by atoms with Crippen LogP contribution in [0.3, 0.4) is 0 Å². The summed E-state index contributed by atoms with van der Waals surface area (Å²) < 4.78 is 0. The third kappa shape index (κ3) is 3.62. The molecule has 2 amide bonds. The Labute approximate surface area is 141 Å². The van der Waals surface area contributed by atoms with E-state index in [0.717, 1.165) is 34.4 Å². The van der Waals surface area contributed by atoms with Gasteiger partial charge in [0, 0.05) is 24.5 Å². The van der Waals surface area contributed by atoms with Crippen LogP contribution in [0.4, 0.5) is 5.69 Å². The summed E-state index contributed by atoms with van der Waals surface area (Å²) >= 11 is 0. The largest absolute Gasteiger partial charge is 0.349 e. The molecule has 2 heterocycles. The topological polar surface area (TPSA) is 71.1 Å². The van der Waals surface area contributed by atoms with E-state index < -0.39 is 0 Å². The maximum Gasteiger partial charge on any atom is 0.224 e. The standard InChI is InChI=1S/C19H21N3O2/c1-12-11-20-8-7-14(12)10-19(24)21-13(2)15-3-5-17-16(9-15)4-6-18(23)22-17/h3,5,7-9,11,13H,4,6,10H2,1-2H3,(H,21,24)(H,22,23)/t13-/m0/s1. The normalized spacial score (nSPS) is 14.5. The first-order valence-electron chi connectivity index (χ1n) is 8.14. The van der Waals surface area contributed by atoms with Crippen molar-refractivity contribution in [3.63, 3.8) is 0 Å². The number of anilines is 1. The first kappa shape index (κ1) is 16.2. The predicted octanol–water partition coefficient (Wildman–Crippen LogP) is 2.69. The van der Waals surface area contributed by atoms with Gasteiger partial charge in [0.2, 0.25) is 11.8 Å². The van der Waals surface area contributed by atoms with Gasteiger partial charge in [-0.05, 0) is 54.7 Å². The van der Waals surface area contributed by atoms with Crippen LogP contribution in [-0.4, -0.2) is 16.8 Å². The zero-order valence-electron chi connectivity index (χ0n) is 13.9. The Hall–Kier alpha value is -2.69. The van der Waals surface area contributed by atoms with E-state index in [0.29, 0.717) is 12.8 Å². The van der Waals surface area contributed by atoms with E-state index in [4.69, 9.17) is 0 Å². The molecule has 0 saturated heterocycles. The molecule has 0 bridgehead atoms. The van der Waals surface area contributed by atoms with Gasteiger partial charge in [0.1, 0.15) is 0 Å². The average molecular weight is 323 g/mol. The number of benzene rings is 1. The molecule has 1 atom stereocenters. The molecule has 2 N–H and O–H groups in total. The molecule has 2 aromatic rings. The molecule has 24 heavy (non-hydrogen) atoms. The van der Waals surface area contributed by atoms with Crippen molar-refractivity contribution in [3.05, 3.63) is 58.9 Å². The Morgan fingerprint density at radius 1 is 1.33 bits per heavy atom. The highest BCUT2D eigenvalue weighted by molar-refractivity contribution is 5.93. The summed E-state index contributed by atoms with van der Waals surface area (Å²) in [5.41, 5.74) is 5.05. The summed E-state index contributed by atoms with van der Waals surface area (Å²) in [6.07, 6.45) is 5.07. The number of aryl methyl sites for hydroxylation is 2. The first-order chi connectivity index (χ1) is 11.5. The highest BCUT2D eigenvalue weighted by atomic mass is 16.2. The molecule has 3 rings (SSSR count). The van der Waals surface area contributed by atoms with Crippen molar-refractivity contribution in [2.24, 2.45) is 0 Å². The predicted molar refractivity (Wildman–Crippen MR) is 92.6 cm³/mol. The second-order valence-electron chi connectivity index (χ2n) is 6.23. The quantitative estimate of drug-likeness (QED) is 0.909. The van der Waals surface area contributed by atoms with Crippen LogP contribution in [0.25, 0.3) is 0 Å². The van der Waals surface area contributed by atoms with Crippen LogP contribution >= 0.6 is 0 Å². The Balaban J connectivity index is 1.66. The van der Waals surface area contributed by atoms with Crippen molar-refractivity contribution >= 4 is 17.5 Å². The lowest BCUT2D eigenvalue weighted by Gasteiger charge is -2.20. The van der Waals surface area contributed by atoms with Crippen molar-refractivity contribution in [1.82, 2.24) is 10.3 Å². The zero-order valence-corrected chi connectivity index (χ0v) is 13.9. The van der Waals surface area contributed by atoms with Crippen LogP contribution in [-0.2, 0) is 22.4 Å². The third-order valence-electron chi connectivity index (χ3n) is 4.39. The van der Waals surface area contributed by atoms with Crippen LogP contribution in [0.1, 0.15) is 41.6 Å². The van der Waals surface area contributed by atoms with Gasteiger partial charge in [-0.3, -0.25) is 14.6 Å². The van der Waals surface area contributed by atoms with Crippen molar-refractivity contribution in [2.45, 2.75) is 39.2 Å². The number of amides is 2. The summed E-state index contributed by atoms with van der Waals surface area (Å²) in [5.74, 6) is 0.0483. The van der Waals surface area contributed by atoms with Gasteiger partial charge in [0.15, 0.2) is 0 Å². The van der Waals surface area contributed by atoms with Gasteiger partial charge in [-0.25, -0.2) is 0 Å². The molecule has 1 aliphatic heterocycles. The molecular weight excluding hydrogens is 302 g/mol. The molecule has 1 aromatic heterocycles. The Morgan fingerprint density at radius 2 is 2.17 bits per heavy atom. The zero-order chi connectivity index (χ0) is 17.1. The molecule has 0 saturated carbocycles. The van der Waals surface area contributed by atoms with Crippen LogP contribution in [0.2, 0.25) is 0 Å². The van der Waals surface area contributed by atoms with E-state index in [2.05, 4.69) is 21.7 Å². The number of carbonyl (C=O) groups excluding carboxylic acids is 2. The third-order valence-corrected chi connectivity index (χ3v) is 4.39. The monoisotopic (exact) mass is 323 g/mol. The summed E-state index contributed by atoms with van der Waals surface area (Å²) in [6.45, 7) is 3.93. The van der Waals surface area contributed by atoms with Crippen molar-refractivity contribution < 1.29 is 9.59 Å². The molecular formula is C19H21N3O2. The minimum Gasteiger partial charge on any atom is -0.349 e. The summed E-state index contributed by atoms with van der Waals surface area (Å²) in [4.78, 5) is 27.8. The maximum atomic E-state index is 12.3. The lowest BCUT2D eigenvalue weighted by atomic mass is 9.97. The summed E-state index contributed by atoms with van der Waals surface area (Å²) in [6, 6.07) is 7.73. The number of carbonyl (C=O) groups is 2. The Bertz CT molecular complexity index is 786. The fourth-order valence-corrected chi connectivity index (χ4v) is 2.92. The minimum absolute atomic E-state index is 0.0113. The number of fused-ring (bicyclic) bond motifs is 1. The van der Waals surface area contributed by atoms with Crippen molar-refractivity contribution in [2.75, 3.05) is 5.32 Å². The van der Waals surface area contributed by atoms with Gasteiger partial charge in [0.05, 0.1) is 12.5 Å². The van der Waals surface area contributed by atoms with Gasteiger partial charge in [0.25, 0.3) is 0 Å². The van der Waals surface area contributed by atoms with Crippen molar-refractivity contribution in [3.8, 4) is 0 Å². The van der Waals surface area contributed by atoms with Gasteiger partial charge in [-0.15, -0.1) is 0 Å². The molecule has 1 aliphatic rings. The lowest BCUT2D eigenvalue weighted by molar-refractivity contribution is -0.121. The fraction of sp³-hybridized carbons (Fsp3) is 0.316. The number of rotatable bonds is 4.